The molecule has 2 N–H and O–H groups in total. The van der Waals surface area contributed by atoms with Crippen LogP contribution in [-0.2, 0) is 0 Å². The molecule has 1 aliphatic carbocycles. The Labute approximate surface area is 212 Å². The Balaban J connectivity index is 1.43. The molecule has 0 bridgehead atoms. The molecule has 0 aromatic heterocycles. The van der Waals surface area contributed by atoms with Gasteiger partial charge in [-0.2, -0.15) is 0 Å². The van der Waals surface area contributed by atoms with Crippen LogP contribution in [0.15, 0.2) is 97.1 Å². The molecule has 4 aromatic carbocycles. The molecule has 0 saturated carbocycles. The maximum absolute atomic E-state index is 13.6. The van der Waals surface area contributed by atoms with Crippen molar-refractivity contribution in [3.05, 3.63) is 119 Å². The number of amides is 1. The van der Waals surface area contributed by atoms with Gasteiger partial charge in [-0.25, -0.2) is 0 Å². The van der Waals surface area contributed by atoms with E-state index in [9.17, 15) is 4.79 Å². The molecule has 1 heterocycles. The van der Waals surface area contributed by atoms with Gasteiger partial charge in [0.15, 0.2) is 0 Å². The summed E-state index contributed by atoms with van der Waals surface area (Å²) in [4.78, 5) is 13.6. The smallest absolute Gasteiger partial charge is 0.253 e. The Bertz CT molecular complexity index is 1460. The van der Waals surface area contributed by atoms with E-state index < -0.39 is 0 Å². The number of anilines is 1. The van der Waals surface area contributed by atoms with Crippen LogP contribution in [0.5, 0.6) is 5.75 Å². The molecule has 4 nitrogen and oxygen atoms in total. The molecular weight excluding hydrogens is 444 g/mol. The molecule has 1 amide bonds. The number of carbonyl (C=O) groups excluding carboxylic acids is 1. The van der Waals surface area contributed by atoms with Gasteiger partial charge in [0.25, 0.3) is 5.91 Å². The molecule has 0 fully saturated rings. The van der Waals surface area contributed by atoms with Crippen LogP contribution in [-0.4, -0.2) is 13.0 Å². The molecular formula is C32H30N2O2. The number of hydrogen-bond donors (Lipinski definition) is 2. The minimum atomic E-state index is -0.0915. The Morgan fingerprint density at radius 1 is 0.972 bits per heavy atom. The number of ether oxygens (including phenoxy) is 1. The van der Waals surface area contributed by atoms with Crippen molar-refractivity contribution in [1.82, 2.24) is 5.32 Å². The minimum absolute atomic E-state index is 0.0130. The van der Waals surface area contributed by atoms with Crippen LogP contribution in [0.25, 0.3) is 10.8 Å². The quantitative estimate of drug-likeness (QED) is 0.302. The summed E-state index contributed by atoms with van der Waals surface area (Å²) in [6.45, 7) is 2.02. The number of hydrogen-bond acceptors (Lipinski definition) is 3. The zero-order valence-electron chi connectivity index (χ0n) is 20.6. The van der Waals surface area contributed by atoms with Crippen LogP contribution in [0.3, 0.4) is 0 Å². The summed E-state index contributed by atoms with van der Waals surface area (Å²) < 4.78 is 5.88. The molecule has 4 unspecified atom stereocenters. The second kappa shape index (κ2) is 9.19. The van der Waals surface area contributed by atoms with Gasteiger partial charge in [-0.15, -0.1) is 0 Å². The van der Waals surface area contributed by atoms with Gasteiger partial charge in [-0.1, -0.05) is 84.9 Å². The van der Waals surface area contributed by atoms with E-state index in [4.69, 9.17) is 4.74 Å². The monoisotopic (exact) mass is 474 g/mol. The Morgan fingerprint density at radius 3 is 2.61 bits per heavy atom. The van der Waals surface area contributed by atoms with Crippen LogP contribution in [0.1, 0.15) is 58.4 Å². The van der Waals surface area contributed by atoms with Crippen LogP contribution in [0.2, 0.25) is 0 Å². The topological polar surface area (TPSA) is 50.4 Å². The van der Waals surface area contributed by atoms with Gasteiger partial charge in [0.1, 0.15) is 5.75 Å². The van der Waals surface area contributed by atoms with Crippen molar-refractivity contribution >= 4 is 22.4 Å². The standard InChI is InChI=1S/C32H30N2O2/c1-20(21-10-4-3-5-11-21)33-32(35)27-17-9-15-25-24-14-8-16-26(24)31(34-30(25)27)29-23-13-7-6-12-22(23)18-19-28(29)36-2/h3-15,17-20,24,26,31,34H,16H2,1-2H3,(H,33,35). The fourth-order valence-electron chi connectivity index (χ4n) is 5.97. The number of benzene rings is 4. The zero-order chi connectivity index (χ0) is 24.6. The van der Waals surface area contributed by atoms with Gasteiger partial charge < -0.3 is 15.4 Å². The third-order valence-corrected chi connectivity index (χ3v) is 7.75. The molecule has 180 valence electrons. The fraction of sp³-hybridized carbons (Fsp3) is 0.219. The van der Waals surface area contributed by atoms with Crippen LogP contribution in [0, 0.1) is 5.92 Å². The van der Waals surface area contributed by atoms with E-state index in [0.717, 1.165) is 29.0 Å². The van der Waals surface area contributed by atoms with E-state index in [-0.39, 0.29) is 23.9 Å². The first-order valence-electron chi connectivity index (χ1n) is 12.6. The molecule has 2 aliphatic rings. The third-order valence-electron chi connectivity index (χ3n) is 7.75. The first-order chi connectivity index (χ1) is 17.7. The summed E-state index contributed by atoms with van der Waals surface area (Å²) in [6, 6.07) is 28.7. The number of para-hydroxylation sites is 1. The third kappa shape index (κ3) is 3.74. The number of allylic oxidation sites excluding steroid dienone is 2. The number of rotatable bonds is 5. The summed E-state index contributed by atoms with van der Waals surface area (Å²) in [6.07, 6.45) is 5.57. The molecule has 6 rings (SSSR count). The average Bonchev–Trinajstić information content (AvgIpc) is 3.42. The van der Waals surface area contributed by atoms with Crippen molar-refractivity contribution in [3.8, 4) is 5.75 Å². The van der Waals surface area contributed by atoms with Crippen LogP contribution >= 0.6 is 0 Å². The lowest BCUT2D eigenvalue weighted by atomic mass is 9.75. The molecule has 4 aromatic rings. The van der Waals surface area contributed by atoms with Crippen molar-refractivity contribution < 1.29 is 9.53 Å². The van der Waals surface area contributed by atoms with E-state index >= 15 is 0 Å². The van der Waals surface area contributed by atoms with Crippen LogP contribution in [0.4, 0.5) is 5.69 Å². The zero-order valence-corrected chi connectivity index (χ0v) is 20.6. The SMILES string of the molecule is COc1ccc2ccccc2c1C1Nc2c(C(=O)NC(C)c3ccccc3)cccc2C2C=CCC21. The van der Waals surface area contributed by atoms with Gasteiger partial charge in [0.2, 0.25) is 0 Å². The van der Waals surface area contributed by atoms with Gasteiger partial charge >= 0.3 is 0 Å². The lowest BCUT2D eigenvalue weighted by molar-refractivity contribution is 0.0940. The highest BCUT2D eigenvalue weighted by Gasteiger charge is 2.41. The largest absolute Gasteiger partial charge is 0.496 e. The molecule has 36 heavy (non-hydrogen) atoms. The van der Waals surface area contributed by atoms with Gasteiger partial charge in [-0.05, 0) is 53.3 Å². The van der Waals surface area contributed by atoms with Crippen molar-refractivity contribution in [1.29, 1.82) is 0 Å². The highest BCUT2D eigenvalue weighted by atomic mass is 16.5. The number of nitrogens with one attached hydrogen (secondary N) is 2. The van der Waals surface area contributed by atoms with E-state index in [0.29, 0.717) is 11.5 Å². The predicted molar refractivity (Wildman–Crippen MR) is 146 cm³/mol. The number of fused-ring (bicyclic) bond motifs is 4. The summed E-state index contributed by atoms with van der Waals surface area (Å²) in [5.74, 6) is 1.40. The lowest BCUT2D eigenvalue weighted by Gasteiger charge is -2.39. The molecule has 0 spiro atoms. The van der Waals surface area contributed by atoms with E-state index in [1.807, 2.05) is 49.4 Å². The first-order valence-corrected chi connectivity index (χ1v) is 12.6. The average molecular weight is 475 g/mol. The van der Waals surface area contributed by atoms with Crippen LogP contribution < -0.4 is 15.4 Å². The second-order valence-electron chi connectivity index (χ2n) is 9.75. The highest BCUT2D eigenvalue weighted by molar-refractivity contribution is 6.01. The molecule has 4 heteroatoms. The Morgan fingerprint density at radius 2 is 1.78 bits per heavy atom. The molecule has 0 saturated heterocycles. The van der Waals surface area contributed by atoms with Gasteiger partial charge in [0, 0.05) is 11.5 Å². The summed E-state index contributed by atoms with van der Waals surface area (Å²) >= 11 is 0. The summed E-state index contributed by atoms with van der Waals surface area (Å²) in [5, 5.41) is 9.41. The normalized spacial score (nSPS) is 20.8. The van der Waals surface area contributed by atoms with E-state index in [1.165, 1.54) is 16.3 Å². The Kier molecular flexibility index (Phi) is 5.73. The van der Waals surface area contributed by atoms with Gasteiger partial charge in [0.05, 0.1) is 30.4 Å². The van der Waals surface area contributed by atoms with Crippen molar-refractivity contribution in [3.63, 3.8) is 0 Å². The first kappa shape index (κ1) is 22.4. The maximum Gasteiger partial charge on any atom is 0.253 e. The number of methoxy groups -OCH3 is 1. The van der Waals surface area contributed by atoms with E-state index in [2.05, 4.69) is 65.3 Å². The minimum Gasteiger partial charge on any atom is -0.496 e. The van der Waals surface area contributed by atoms with Crippen molar-refractivity contribution in [2.24, 2.45) is 5.92 Å². The summed E-state index contributed by atoms with van der Waals surface area (Å²) in [5.41, 5.74) is 5.03. The predicted octanol–water partition coefficient (Wildman–Crippen LogP) is 7.17. The molecule has 4 atom stereocenters. The van der Waals surface area contributed by atoms with Gasteiger partial charge in [-0.3, -0.25) is 4.79 Å². The summed E-state index contributed by atoms with van der Waals surface area (Å²) in [7, 11) is 1.73. The van der Waals surface area contributed by atoms with Crippen molar-refractivity contribution in [2.45, 2.75) is 31.3 Å². The second-order valence-corrected chi connectivity index (χ2v) is 9.75. The van der Waals surface area contributed by atoms with E-state index in [1.54, 1.807) is 7.11 Å². The number of carbonyl (C=O) groups is 1. The fourth-order valence-corrected chi connectivity index (χ4v) is 5.97. The lowest BCUT2D eigenvalue weighted by Crippen LogP contribution is -2.33. The van der Waals surface area contributed by atoms with Crippen molar-refractivity contribution in [2.75, 3.05) is 12.4 Å². The highest BCUT2D eigenvalue weighted by Crippen LogP contribution is 2.53. The molecule has 0 radical (unpaired) electrons. The maximum atomic E-state index is 13.6. The Hall–Kier alpha value is -4.05. The molecule has 1 aliphatic heterocycles.